The third-order valence-electron chi connectivity index (χ3n) is 4.33. The van der Waals surface area contributed by atoms with E-state index in [1.807, 2.05) is 48.7 Å². The van der Waals surface area contributed by atoms with E-state index in [4.69, 9.17) is 19.0 Å². The maximum atomic E-state index is 5.96. The molecule has 0 N–H and O–H groups in total. The fourth-order valence-corrected chi connectivity index (χ4v) is 3.67. The summed E-state index contributed by atoms with van der Waals surface area (Å²) in [4.78, 5) is 0. The van der Waals surface area contributed by atoms with E-state index in [-0.39, 0.29) is 0 Å². The molecule has 0 radical (unpaired) electrons. The molecule has 0 aliphatic heterocycles. The van der Waals surface area contributed by atoms with Crippen LogP contribution in [0.5, 0.6) is 11.5 Å². The fourth-order valence-electron chi connectivity index (χ4n) is 3.18. The van der Waals surface area contributed by atoms with Gasteiger partial charge in [0.2, 0.25) is 0 Å². The van der Waals surface area contributed by atoms with Gasteiger partial charge in [-0.25, -0.2) is 4.52 Å². The van der Waals surface area contributed by atoms with Crippen molar-refractivity contribution < 1.29 is 13.9 Å². The second-order valence-corrected chi connectivity index (χ2v) is 6.73. The van der Waals surface area contributed by atoms with Crippen molar-refractivity contribution in [3.8, 4) is 22.8 Å². The van der Waals surface area contributed by atoms with E-state index in [1.54, 1.807) is 14.2 Å². The highest BCUT2D eigenvalue weighted by Crippen LogP contribution is 2.45. The quantitative estimate of drug-likeness (QED) is 0.477. The van der Waals surface area contributed by atoms with Gasteiger partial charge in [-0.1, -0.05) is 0 Å². The van der Waals surface area contributed by atoms with Gasteiger partial charge in [0.05, 0.1) is 30.7 Å². The first-order chi connectivity index (χ1) is 12.0. The minimum atomic E-state index is 0.638. The molecule has 0 amide bonds. The number of benzene rings is 1. The third kappa shape index (κ3) is 2.32. The summed E-state index contributed by atoms with van der Waals surface area (Å²) in [5.41, 5.74) is 3.72. The SMILES string of the molecule is COc1cc(Br)c2nn3c(C)ccc3c(-c3ccc(C)o3)c2c1OC. The lowest BCUT2D eigenvalue weighted by Gasteiger charge is -2.16. The summed E-state index contributed by atoms with van der Waals surface area (Å²) in [5.74, 6) is 2.90. The van der Waals surface area contributed by atoms with E-state index in [0.29, 0.717) is 11.5 Å². The number of rotatable bonds is 3. The Kier molecular flexibility index (Phi) is 3.72. The summed E-state index contributed by atoms with van der Waals surface area (Å²) in [6.07, 6.45) is 0. The molecule has 25 heavy (non-hydrogen) atoms. The zero-order valence-corrected chi connectivity index (χ0v) is 16.0. The van der Waals surface area contributed by atoms with E-state index >= 15 is 0 Å². The molecule has 4 aromatic rings. The number of hydrogen-bond donors (Lipinski definition) is 0. The van der Waals surface area contributed by atoms with Crippen molar-refractivity contribution in [2.75, 3.05) is 14.2 Å². The summed E-state index contributed by atoms with van der Waals surface area (Å²) in [6.45, 7) is 3.96. The van der Waals surface area contributed by atoms with Gasteiger partial charge in [0.1, 0.15) is 17.0 Å². The zero-order valence-electron chi connectivity index (χ0n) is 14.4. The predicted octanol–water partition coefficient (Wildman–Crippen LogP) is 5.14. The molecule has 0 saturated heterocycles. The van der Waals surface area contributed by atoms with E-state index in [9.17, 15) is 0 Å². The number of hydrogen-bond acceptors (Lipinski definition) is 4. The summed E-state index contributed by atoms with van der Waals surface area (Å²) >= 11 is 3.62. The lowest BCUT2D eigenvalue weighted by molar-refractivity contribution is 0.358. The van der Waals surface area contributed by atoms with Crippen LogP contribution in [-0.4, -0.2) is 23.8 Å². The highest BCUT2D eigenvalue weighted by Gasteiger charge is 2.23. The molecule has 128 valence electrons. The molecule has 0 bridgehead atoms. The van der Waals surface area contributed by atoms with Gasteiger partial charge in [0.25, 0.3) is 0 Å². The number of methoxy groups -OCH3 is 2. The predicted molar refractivity (Wildman–Crippen MR) is 101 cm³/mol. The van der Waals surface area contributed by atoms with Crippen molar-refractivity contribution in [1.82, 2.24) is 9.61 Å². The molecule has 3 heterocycles. The minimum absolute atomic E-state index is 0.638. The molecule has 6 heteroatoms. The first-order valence-electron chi connectivity index (χ1n) is 7.84. The molecule has 0 unspecified atom stereocenters. The van der Waals surface area contributed by atoms with Gasteiger partial charge in [0.15, 0.2) is 11.5 Å². The maximum Gasteiger partial charge on any atom is 0.171 e. The summed E-state index contributed by atoms with van der Waals surface area (Å²) in [7, 11) is 3.26. The van der Waals surface area contributed by atoms with Crippen LogP contribution in [-0.2, 0) is 0 Å². The topological polar surface area (TPSA) is 48.9 Å². The van der Waals surface area contributed by atoms with Crippen LogP contribution in [0.1, 0.15) is 11.5 Å². The first-order valence-corrected chi connectivity index (χ1v) is 8.63. The Morgan fingerprint density at radius 3 is 2.52 bits per heavy atom. The third-order valence-corrected chi connectivity index (χ3v) is 4.94. The largest absolute Gasteiger partial charge is 0.493 e. The second kappa shape index (κ2) is 5.81. The van der Waals surface area contributed by atoms with Gasteiger partial charge in [-0.05, 0) is 54.0 Å². The van der Waals surface area contributed by atoms with Gasteiger partial charge in [-0.2, -0.15) is 5.10 Å². The van der Waals surface area contributed by atoms with E-state index in [2.05, 4.69) is 15.9 Å². The second-order valence-electron chi connectivity index (χ2n) is 5.87. The summed E-state index contributed by atoms with van der Waals surface area (Å²) in [5, 5.41) is 5.66. The van der Waals surface area contributed by atoms with Crippen LogP contribution in [0.4, 0.5) is 0 Å². The minimum Gasteiger partial charge on any atom is -0.493 e. The van der Waals surface area contributed by atoms with Crippen LogP contribution in [0.3, 0.4) is 0 Å². The van der Waals surface area contributed by atoms with Gasteiger partial charge in [-0.15, -0.1) is 0 Å². The Bertz CT molecular complexity index is 1110. The molecule has 5 nitrogen and oxygen atoms in total. The molecule has 4 rings (SSSR count). The average Bonchev–Trinajstić information content (AvgIpc) is 3.19. The van der Waals surface area contributed by atoms with Crippen molar-refractivity contribution in [3.05, 3.63) is 46.3 Å². The Morgan fingerprint density at radius 1 is 1.08 bits per heavy atom. The molecule has 0 saturated carbocycles. The summed E-state index contributed by atoms with van der Waals surface area (Å²) in [6, 6.07) is 9.88. The van der Waals surface area contributed by atoms with Crippen molar-refractivity contribution >= 4 is 32.3 Å². The highest BCUT2D eigenvalue weighted by molar-refractivity contribution is 9.10. The van der Waals surface area contributed by atoms with Gasteiger partial charge in [-0.3, -0.25) is 0 Å². The smallest absolute Gasteiger partial charge is 0.171 e. The van der Waals surface area contributed by atoms with Crippen molar-refractivity contribution in [2.24, 2.45) is 0 Å². The van der Waals surface area contributed by atoms with Gasteiger partial charge in [0, 0.05) is 16.2 Å². The monoisotopic (exact) mass is 400 g/mol. The van der Waals surface area contributed by atoms with Gasteiger partial charge >= 0.3 is 0 Å². The molecule has 3 aromatic heterocycles. The molecule has 0 spiro atoms. The van der Waals surface area contributed by atoms with Crippen LogP contribution >= 0.6 is 15.9 Å². The van der Waals surface area contributed by atoms with E-state index < -0.39 is 0 Å². The lowest BCUT2D eigenvalue weighted by Crippen LogP contribution is -2.01. The van der Waals surface area contributed by atoms with Crippen LogP contribution in [0.25, 0.3) is 27.7 Å². The Labute approximate surface area is 153 Å². The van der Waals surface area contributed by atoms with Crippen LogP contribution < -0.4 is 9.47 Å². The number of ether oxygens (including phenoxy) is 2. The van der Waals surface area contributed by atoms with Crippen LogP contribution in [0.2, 0.25) is 0 Å². The Morgan fingerprint density at radius 2 is 1.88 bits per heavy atom. The Hall–Kier alpha value is -2.47. The molecular weight excluding hydrogens is 384 g/mol. The van der Waals surface area contributed by atoms with Crippen molar-refractivity contribution in [1.29, 1.82) is 0 Å². The molecule has 0 fully saturated rings. The standard InChI is InChI=1S/C19H17BrN2O3/c1-10-5-7-13-16(14-8-6-11(2)25-14)17-18(21-22(10)13)12(20)9-15(23-3)19(17)24-4/h5-9H,1-4H3. The highest BCUT2D eigenvalue weighted by atomic mass is 79.9. The fraction of sp³-hybridized carbons (Fsp3) is 0.211. The van der Waals surface area contributed by atoms with Gasteiger partial charge < -0.3 is 13.9 Å². The number of furan rings is 1. The molecule has 0 atom stereocenters. The average molecular weight is 401 g/mol. The van der Waals surface area contributed by atoms with Crippen molar-refractivity contribution in [2.45, 2.75) is 13.8 Å². The molecule has 0 aliphatic rings. The summed E-state index contributed by atoms with van der Waals surface area (Å²) < 4.78 is 19.9. The number of aromatic nitrogens is 2. The number of halogens is 1. The first kappa shape index (κ1) is 16.0. The van der Waals surface area contributed by atoms with Crippen molar-refractivity contribution in [3.63, 3.8) is 0 Å². The lowest BCUT2D eigenvalue weighted by atomic mass is 10.0. The van der Waals surface area contributed by atoms with E-state index in [0.717, 1.165) is 43.7 Å². The zero-order chi connectivity index (χ0) is 17.7. The van der Waals surface area contributed by atoms with E-state index in [1.165, 1.54) is 0 Å². The Balaban J connectivity index is 2.29. The molecule has 1 aromatic carbocycles. The number of nitrogens with zero attached hydrogens (tertiary/aromatic N) is 2. The number of fused-ring (bicyclic) bond motifs is 2. The van der Waals surface area contributed by atoms with Crippen LogP contribution in [0, 0.1) is 13.8 Å². The van der Waals surface area contributed by atoms with Crippen LogP contribution in [0.15, 0.2) is 39.2 Å². The maximum absolute atomic E-state index is 5.96. The normalized spacial score (nSPS) is 11.4. The molecule has 0 aliphatic carbocycles. The molecular formula is C19H17BrN2O3. The number of aryl methyl sites for hydroxylation is 2.